The quantitative estimate of drug-likeness (QED) is 0.639. The van der Waals surface area contributed by atoms with E-state index in [0.29, 0.717) is 17.7 Å². The predicted molar refractivity (Wildman–Crippen MR) is 102 cm³/mol. The number of hydrogen-bond donors (Lipinski definition) is 2. The minimum absolute atomic E-state index is 0.0268. The fourth-order valence-corrected chi connectivity index (χ4v) is 3.57. The molecule has 6 nitrogen and oxygen atoms in total. The van der Waals surface area contributed by atoms with Crippen LogP contribution in [0, 0.1) is 5.82 Å². The number of carbonyl (C=O) groups excluding carboxylic acids is 1. The van der Waals surface area contributed by atoms with Crippen molar-refractivity contribution in [1.29, 1.82) is 0 Å². The Morgan fingerprint density at radius 1 is 0.929 bits per heavy atom. The predicted octanol–water partition coefficient (Wildman–Crippen LogP) is 2.63. The van der Waals surface area contributed by atoms with E-state index in [0.717, 1.165) is 11.6 Å². The number of halogens is 1. The van der Waals surface area contributed by atoms with Gasteiger partial charge < -0.3 is 5.32 Å². The molecule has 8 heteroatoms. The molecule has 1 aromatic heterocycles. The number of hydrogen-bond acceptors (Lipinski definition) is 4. The van der Waals surface area contributed by atoms with Crippen molar-refractivity contribution in [3.63, 3.8) is 0 Å². The van der Waals surface area contributed by atoms with Gasteiger partial charge in [0.25, 0.3) is 5.91 Å². The number of nitrogens with one attached hydrogen (secondary N) is 2. The first-order valence-electron chi connectivity index (χ1n) is 8.46. The van der Waals surface area contributed by atoms with Gasteiger partial charge in [-0.1, -0.05) is 36.4 Å². The van der Waals surface area contributed by atoms with Gasteiger partial charge in [0.2, 0.25) is 10.0 Å². The number of benzene rings is 2. The van der Waals surface area contributed by atoms with E-state index in [1.54, 1.807) is 42.6 Å². The average Bonchev–Trinajstić information content (AvgIpc) is 2.72. The van der Waals surface area contributed by atoms with Crippen molar-refractivity contribution >= 4 is 15.9 Å². The van der Waals surface area contributed by atoms with Crippen molar-refractivity contribution < 1.29 is 17.6 Å². The molecule has 0 aliphatic rings. The maximum absolute atomic E-state index is 13.7. The molecule has 0 radical (unpaired) electrons. The van der Waals surface area contributed by atoms with E-state index < -0.39 is 15.8 Å². The van der Waals surface area contributed by atoms with Gasteiger partial charge >= 0.3 is 0 Å². The molecule has 3 rings (SSSR count). The fraction of sp³-hybridized carbons (Fsp3) is 0.100. The molecule has 0 bridgehead atoms. The Balaban J connectivity index is 1.56. The molecule has 0 saturated heterocycles. The van der Waals surface area contributed by atoms with E-state index >= 15 is 0 Å². The minimum Gasteiger partial charge on any atom is -0.348 e. The Kier molecular flexibility index (Phi) is 6.13. The summed E-state index contributed by atoms with van der Waals surface area (Å²) >= 11 is 0. The SMILES string of the molecule is O=C(NCc1ccc(CNS(=O)(=O)c2ccccc2F)cc1)c1cccnc1. The van der Waals surface area contributed by atoms with Crippen LogP contribution < -0.4 is 10.0 Å². The van der Waals surface area contributed by atoms with Gasteiger partial charge in [0.05, 0.1) is 5.56 Å². The number of sulfonamides is 1. The number of nitrogens with zero attached hydrogens (tertiary/aromatic N) is 1. The van der Waals surface area contributed by atoms with Crippen LogP contribution in [0.2, 0.25) is 0 Å². The zero-order valence-corrected chi connectivity index (χ0v) is 15.6. The standard InChI is InChI=1S/C20H18FN3O3S/c21-18-5-1-2-6-19(18)28(26,27)24-13-16-9-7-15(8-10-16)12-23-20(25)17-4-3-11-22-14-17/h1-11,14,24H,12-13H2,(H,23,25). The Morgan fingerprint density at radius 3 is 2.25 bits per heavy atom. The molecule has 2 N–H and O–H groups in total. The summed E-state index contributed by atoms with van der Waals surface area (Å²) in [7, 11) is -3.94. The zero-order chi connectivity index (χ0) is 20.0. The van der Waals surface area contributed by atoms with Crippen LogP contribution in [-0.2, 0) is 23.1 Å². The van der Waals surface area contributed by atoms with Crippen LogP contribution in [0.5, 0.6) is 0 Å². The molecule has 0 atom stereocenters. The molecule has 0 unspecified atom stereocenters. The Morgan fingerprint density at radius 2 is 1.61 bits per heavy atom. The van der Waals surface area contributed by atoms with Crippen LogP contribution in [0.25, 0.3) is 0 Å². The van der Waals surface area contributed by atoms with E-state index in [4.69, 9.17) is 0 Å². The highest BCUT2D eigenvalue weighted by atomic mass is 32.2. The van der Waals surface area contributed by atoms with Gasteiger partial charge in [-0.05, 0) is 35.4 Å². The molecule has 2 aromatic carbocycles. The first-order chi connectivity index (χ1) is 13.5. The van der Waals surface area contributed by atoms with Crippen LogP contribution >= 0.6 is 0 Å². The number of amides is 1. The van der Waals surface area contributed by atoms with Crippen molar-refractivity contribution in [2.24, 2.45) is 0 Å². The molecule has 144 valence electrons. The maximum Gasteiger partial charge on any atom is 0.253 e. The van der Waals surface area contributed by atoms with Crippen molar-refractivity contribution in [3.8, 4) is 0 Å². The number of carbonyl (C=O) groups is 1. The van der Waals surface area contributed by atoms with Gasteiger partial charge in [0, 0.05) is 25.5 Å². The van der Waals surface area contributed by atoms with Crippen LogP contribution in [-0.4, -0.2) is 19.3 Å². The van der Waals surface area contributed by atoms with Gasteiger partial charge in [-0.25, -0.2) is 17.5 Å². The van der Waals surface area contributed by atoms with E-state index in [-0.39, 0.29) is 17.3 Å². The summed E-state index contributed by atoms with van der Waals surface area (Å²) < 4.78 is 40.5. The van der Waals surface area contributed by atoms with E-state index in [1.165, 1.54) is 24.4 Å². The number of rotatable bonds is 7. The molecule has 28 heavy (non-hydrogen) atoms. The minimum atomic E-state index is -3.94. The monoisotopic (exact) mass is 399 g/mol. The summed E-state index contributed by atoms with van der Waals surface area (Å²) in [6.45, 7) is 0.355. The summed E-state index contributed by atoms with van der Waals surface area (Å²) in [6.07, 6.45) is 3.08. The van der Waals surface area contributed by atoms with Gasteiger partial charge in [0.15, 0.2) is 0 Å². The largest absolute Gasteiger partial charge is 0.348 e. The lowest BCUT2D eigenvalue weighted by Crippen LogP contribution is -2.24. The van der Waals surface area contributed by atoms with Crippen LogP contribution in [0.15, 0.2) is 78.0 Å². The topological polar surface area (TPSA) is 88.2 Å². The summed E-state index contributed by atoms with van der Waals surface area (Å²) in [5, 5.41) is 2.79. The van der Waals surface area contributed by atoms with E-state index in [2.05, 4.69) is 15.0 Å². The van der Waals surface area contributed by atoms with Crippen LogP contribution in [0.1, 0.15) is 21.5 Å². The second-order valence-corrected chi connectivity index (χ2v) is 7.73. The molecule has 0 fully saturated rings. The van der Waals surface area contributed by atoms with Gasteiger partial charge in [-0.3, -0.25) is 9.78 Å². The molecule has 3 aromatic rings. The molecular weight excluding hydrogens is 381 g/mol. The average molecular weight is 399 g/mol. The van der Waals surface area contributed by atoms with Crippen LogP contribution in [0.3, 0.4) is 0 Å². The molecule has 0 saturated carbocycles. The van der Waals surface area contributed by atoms with Crippen molar-refractivity contribution in [2.45, 2.75) is 18.0 Å². The summed E-state index contributed by atoms with van der Waals surface area (Å²) in [5.74, 6) is -1.02. The first-order valence-corrected chi connectivity index (χ1v) is 9.94. The molecule has 0 aliphatic carbocycles. The van der Waals surface area contributed by atoms with E-state index in [9.17, 15) is 17.6 Å². The fourth-order valence-electron chi connectivity index (χ4n) is 2.48. The van der Waals surface area contributed by atoms with Crippen molar-refractivity contribution in [3.05, 3.63) is 95.6 Å². The van der Waals surface area contributed by atoms with E-state index in [1.807, 2.05) is 0 Å². The highest BCUT2D eigenvalue weighted by Crippen LogP contribution is 2.14. The molecule has 1 heterocycles. The van der Waals surface area contributed by atoms with Gasteiger partial charge in [0.1, 0.15) is 10.7 Å². The molecule has 0 spiro atoms. The normalized spacial score (nSPS) is 11.2. The Labute approximate surface area is 162 Å². The smallest absolute Gasteiger partial charge is 0.253 e. The Bertz CT molecular complexity index is 1060. The summed E-state index contributed by atoms with van der Waals surface area (Å²) in [5.41, 5.74) is 2.04. The zero-order valence-electron chi connectivity index (χ0n) is 14.8. The lowest BCUT2D eigenvalue weighted by molar-refractivity contribution is 0.0950. The maximum atomic E-state index is 13.7. The van der Waals surface area contributed by atoms with Crippen LogP contribution in [0.4, 0.5) is 4.39 Å². The third-order valence-electron chi connectivity index (χ3n) is 3.99. The summed E-state index contributed by atoms with van der Waals surface area (Å²) in [4.78, 5) is 15.5. The van der Waals surface area contributed by atoms with Gasteiger partial charge in [-0.15, -0.1) is 0 Å². The third kappa shape index (κ3) is 4.99. The van der Waals surface area contributed by atoms with Gasteiger partial charge in [-0.2, -0.15) is 0 Å². The Hall–Kier alpha value is -3.10. The third-order valence-corrected chi connectivity index (χ3v) is 5.43. The van der Waals surface area contributed by atoms with Crippen molar-refractivity contribution in [1.82, 2.24) is 15.0 Å². The van der Waals surface area contributed by atoms with Crippen molar-refractivity contribution in [2.75, 3.05) is 0 Å². The second kappa shape index (κ2) is 8.73. The molecular formula is C20H18FN3O3S. The first kappa shape index (κ1) is 19.7. The second-order valence-electron chi connectivity index (χ2n) is 6.00. The number of aromatic nitrogens is 1. The lowest BCUT2D eigenvalue weighted by Gasteiger charge is -2.09. The molecule has 0 aliphatic heterocycles. The highest BCUT2D eigenvalue weighted by molar-refractivity contribution is 7.89. The summed E-state index contributed by atoms with van der Waals surface area (Å²) in [6, 6.07) is 15.6. The molecule has 1 amide bonds. The number of pyridine rings is 1. The lowest BCUT2D eigenvalue weighted by atomic mass is 10.1. The highest BCUT2D eigenvalue weighted by Gasteiger charge is 2.17.